The van der Waals surface area contributed by atoms with Crippen molar-refractivity contribution in [1.82, 2.24) is 14.6 Å². The fraction of sp³-hybridized carbons (Fsp3) is 0.500. The van der Waals surface area contributed by atoms with E-state index in [1.807, 2.05) is 23.0 Å². The molecular formula is C12H13BrN4O. The fourth-order valence-electron chi connectivity index (χ4n) is 2.86. The SMILES string of the molecule is Brc1cc2c(N3CCC4(COC4)C3)nccn2n1. The summed E-state index contributed by atoms with van der Waals surface area (Å²) >= 11 is 3.42. The van der Waals surface area contributed by atoms with Crippen LogP contribution in [0, 0.1) is 5.41 Å². The lowest BCUT2D eigenvalue weighted by Crippen LogP contribution is -2.44. The van der Waals surface area contributed by atoms with Gasteiger partial charge in [-0.3, -0.25) is 0 Å². The smallest absolute Gasteiger partial charge is 0.154 e. The number of halogens is 1. The van der Waals surface area contributed by atoms with Gasteiger partial charge in [0.2, 0.25) is 0 Å². The third-order valence-electron chi connectivity index (χ3n) is 3.89. The van der Waals surface area contributed by atoms with Gasteiger partial charge in [0.15, 0.2) is 5.82 Å². The number of ether oxygens (including phenoxy) is 1. The van der Waals surface area contributed by atoms with E-state index in [-0.39, 0.29) is 0 Å². The van der Waals surface area contributed by atoms with Crippen LogP contribution in [0.15, 0.2) is 23.1 Å². The number of aromatic nitrogens is 3. The Balaban J connectivity index is 1.74. The molecule has 2 aromatic heterocycles. The van der Waals surface area contributed by atoms with Crippen molar-refractivity contribution in [2.45, 2.75) is 6.42 Å². The largest absolute Gasteiger partial charge is 0.380 e. The molecule has 18 heavy (non-hydrogen) atoms. The second-order valence-electron chi connectivity index (χ2n) is 5.21. The average Bonchev–Trinajstić information content (AvgIpc) is 2.89. The topological polar surface area (TPSA) is 42.7 Å². The third kappa shape index (κ3) is 1.48. The van der Waals surface area contributed by atoms with Crippen LogP contribution in [0.3, 0.4) is 0 Å². The molecule has 0 saturated carbocycles. The molecule has 1 spiro atoms. The molecule has 0 aliphatic carbocycles. The molecule has 2 saturated heterocycles. The Hall–Kier alpha value is -1.14. The molecular weight excluding hydrogens is 296 g/mol. The molecule has 0 atom stereocenters. The number of hydrogen-bond donors (Lipinski definition) is 0. The van der Waals surface area contributed by atoms with Gasteiger partial charge in [-0.05, 0) is 22.4 Å². The molecule has 0 N–H and O–H groups in total. The minimum absolute atomic E-state index is 0.381. The minimum Gasteiger partial charge on any atom is -0.380 e. The summed E-state index contributed by atoms with van der Waals surface area (Å²) in [6, 6.07) is 2.02. The Morgan fingerprint density at radius 2 is 2.28 bits per heavy atom. The van der Waals surface area contributed by atoms with E-state index in [0.717, 1.165) is 42.2 Å². The third-order valence-corrected chi connectivity index (χ3v) is 4.28. The van der Waals surface area contributed by atoms with Gasteiger partial charge in [-0.15, -0.1) is 0 Å². The Bertz CT molecular complexity index is 607. The van der Waals surface area contributed by atoms with E-state index >= 15 is 0 Å². The van der Waals surface area contributed by atoms with Gasteiger partial charge in [0, 0.05) is 37.0 Å². The maximum absolute atomic E-state index is 5.36. The van der Waals surface area contributed by atoms with Crippen LogP contribution in [0.1, 0.15) is 6.42 Å². The Morgan fingerprint density at radius 3 is 3.00 bits per heavy atom. The molecule has 5 nitrogen and oxygen atoms in total. The number of hydrogen-bond acceptors (Lipinski definition) is 4. The molecule has 4 heterocycles. The fourth-order valence-corrected chi connectivity index (χ4v) is 3.25. The summed E-state index contributed by atoms with van der Waals surface area (Å²) in [4.78, 5) is 6.88. The van der Waals surface area contributed by atoms with Crippen molar-refractivity contribution in [2.24, 2.45) is 5.41 Å². The zero-order chi connectivity index (χ0) is 12.2. The van der Waals surface area contributed by atoms with Gasteiger partial charge in [0.1, 0.15) is 10.1 Å². The van der Waals surface area contributed by atoms with Crippen molar-refractivity contribution in [3.8, 4) is 0 Å². The molecule has 0 amide bonds. The molecule has 0 unspecified atom stereocenters. The number of anilines is 1. The van der Waals surface area contributed by atoms with Crippen LogP contribution < -0.4 is 4.90 Å². The highest BCUT2D eigenvalue weighted by atomic mass is 79.9. The van der Waals surface area contributed by atoms with Crippen LogP contribution in [0.2, 0.25) is 0 Å². The highest BCUT2D eigenvalue weighted by Gasteiger charge is 2.45. The first-order valence-electron chi connectivity index (χ1n) is 6.08. The van der Waals surface area contributed by atoms with E-state index in [1.165, 1.54) is 6.42 Å². The molecule has 4 rings (SSSR count). The van der Waals surface area contributed by atoms with Crippen LogP contribution in [0.25, 0.3) is 5.52 Å². The van der Waals surface area contributed by atoms with E-state index in [4.69, 9.17) is 4.74 Å². The summed E-state index contributed by atoms with van der Waals surface area (Å²) in [6.45, 7) is 3.90. The van der Waals surface area contributed by atoms with E-state index in [0.29, 0.717) is 5.41 Å². The predicted molar refractivity (Wildman–Crippen MR) is 70.8 cm³/mol. The zero-order valence-electron chi connectivity index (χ0n) is 9.84. The summed E-state index contributed by atoms with van der Waals surface area (Å²) < 4.78 is 8.08. The molecule has 2 fully saturated rings. The van der Waals surface area contributed by atoms with Gasteiger partial charge in [-0.2, -0.15) is 5.10 Å². The lowest BCUT2D eigenvalue weighted by Gasteiger charge is -2.37. The maximum atomic E-state index is 5.36. The van der Waals surface area contributed by atoms with Crippen LogP contribution in [-0.2, 0) is 4.74 Å². The first kappa shape index (κ1) is 10.8. The molecule has 94 valence electrons. The van der Waals surface area contributed by atoms with Crippen molar-refractivity contribution in [1.29, 1.82) is 0 Å². The summed E-state index contributed by atoms with van der Waals surface area (Å²) in [5, 5.41) is 4.36. The monoisotopic (exact) mass is 308 g/mol. The van der Waals surface area contributed by atoms with Gasteiger partial charge < -0.3 is 9.64 Å². The van der Waals surface area contributed by atoms with E-state index < -0.39 is 0 Å². The Morgan fingerprint density at radius 1 is 1.39 bits per heavy atom. The molecule has 6 heteroatoms. The standard InChI is InChI=1S/C12H13BrN4O/c13-10-5-9-11(14-2-4-17(9)15-10)16-3-1-12(6-16)7-18-8-12/h2,4-5H,1,3,6-8H2. The number of rotatable bonds is 1. The van der Waals surface area contributed by atoms with Crippen LogP contribution in [0.4, 0.5) is 5.82 Å². The zero-order valence-corrected chi connectivity index (χ0v) is 11.4. The molecule has 2 aliphatic rings. The van der Waals surface area contributed by atoms with Gasteiger partial charge in [-0.25, -0.2) is 9.50 Å². The lowest BCUT2D eigenvalue weighted by molar-refractivity contribution is -0.0985. The van der Waals surface area contributed by atoms with Crippen LogP contribution >= 0.6 is 15.9 Å². The summed E-state index contributed by atoms with van der Waals surface area (Å²) in [5.41, 5.74) is 1.44. The Kier molecular flexibility index (Phi) is 2.20. The first-order valence-corrected chi connectivity index (χ1v) is 6.88. The van der Waals surface area contributed by atoms with Crippen LogP contribution in [-0.4, -0.2) is 40.9 Å². The summed E-state index contributed by atoms with van der Waals surface area (Å²) in [6.07, 6.45) is 4.89. The molecule has 0 radical (unpaired) electrons. The lowest BCUT2D eigenvalue weighted by atomic mass is 9.85. The predicted octanol–water partition coefficient (Wildman–Crippen LogP) is 1.72. The minimum atomic E-state index is 0.381. The van der Waals surface area contributed by atoms with Crippen molar-refractivity contribution in [3.63, 3.8) is 0 Å². The van der Waals surface area contributed by atoms with Crippen molar-refractivity contribution in [2.75, 3.05) is 31.2 Å². The van der Waals surface area contributed by atoms with Crippen molar-refractivity contribution >= 4 is 27.3 Å². The summed E-state index contributed by atoms with van der Waals surface area (Å²) in [7, 11) is 0. The second-order valence-corrected chi connectivity index (χ2v) is 6.02. The number of nitrogens with zero attached hydrogens (tertiary/aromatic N) is 4. The van der Waals surface area contributed by atoms with Gasteiger partial charge in [0.25, 0.3) is 0 Å². The van der Waals surface area contributed by atoms with Gasteiger partial charge in [0.05, 0.1) is 13.2 Å². The van der Waals surface area contributed by atoms with Gasteiger partial charge in [-0.1, -0.05) is 0 Å². The maximum Gasteiger partial charge on any atom is 0.154 e. The molecule has 0 aromatic carbocycles. The van der Waals surface area contributed by atoms with E-state index in [2.05, 4.69) is 30.9 Å². The van der Waals surface area contributed by atoms with E-state index in [9.17, 15) is 0 Å². The van der Waals surface area contributed by atoms with E-state index in [1.54, 1.807) is 0 Å². The first-order chi connectivity index (χ1) is 8.76. The highest BCUT2D eigenvalue weighted by Crippen LogP contribution is 2.39. The Labute approximate surface area is 113 Å². The molecule has 2 aliphatic heterocycles. The summed E-state index contributed by atoms with van der Waals surface area (Å²) in [5.74, 6) is 1.03. The average molecular weight is 309 g/mol. The van der Waals surface area contributed by atoms with Crippen LogP contribution in [0.5, 0.6) is 0 Å². The second kappa shape index (κ2) is 3.68. The van der Waals surface area contributed by atoms with Gasteiger partial charge >= 0.3 is 0 Å². The quantitative estimate of drug-likeness (QED) is 0.804. The molecule has 0 bridgehead atoms. The molecule has 2 aromatic rings. The normalized spacial score (nSPS) is 21.7. The van der Waals surface area contributed by atoms with Crippen molar-refractivity contribution in [3.05, 3.63) is 23.1 Å². The highest BCUT2D eigenvalue weighted by molar-refractivity contribution is 9.10. The number of fused-ring (bicyclic) bond motifs is 1. The van der Waals surface area contributed by atoms with Crippen molar-refractivity contribution < 1.29 is 4.74 Å².